The van der Waals surface area contributed by atoms with Crippen LogP contribution < -0.4 is 15.4 Å². The molecule has 2 rings (SSSR count). The maximum atomic E-state index is 12.7. The Bertz CT molecular complexity index is 580. The molecular weight excluding hydrogens is 354 g/mol. The summed E-state index contributed by atoms with van der Waals surface area (Å²) in [5, 5.41) is 6.28. The van der Waals surface area contributed by atoms with Crippen molar-refractivity contribution in [2.45, 2.75) is 32.2 Å². The second kappa shape index (κ2) is 11.0. The Kier molecular flexibility index (Phi) is 9.44. The Balaban J connectivity index is 0.00000338. The zero-order valence-corrected chi connectivity index (χ0v) is 16.6. The number of carbonyl (C=O) groups excluding carboxylic acids is 2. The number of hydrogen-bond donors (Lipinski definition) is 2. The van der Waals surface area contributed by atoms with E-state index in [0.717, 1.165) is 30.8 Å². The van der Waals surface area contributed by atoms with Crippen molar-refractivity contribution in [1.82, 2.24) is 15.5 Å². The van der Waals surface area contributed by atoms with Crippen molar-refractivity contribution in [3.63, 3.8) is 0 Å². The van der Waals surface area contributed by atoms with Crippen LogP contribution in [0, 0.1) is 5.92 Å². The number of benzene rings is 1. The molecule has 0 bridgehead atoms. The summed E-state index contributed by atoms with van der Waals surface area (Å²) < 4.78 is 5.20. The molecule has 146 valence electrons. The molecule has 1 saturated heterocycles. The fourth-order valence-electron chi connectivity index (χ4n) is 3.28. The molecule has 0 spiro atoms. The van der Waals surface area contributed by atoms with E-state index in [-0.39, 0.29) is 36.2 Å². The number of likely N-dealkylation sites (tertiary alicyclic amines) is 1. The molecular formula is C19H30ClN3O3. The average Bonchev–Trinajstić information content (AvgIpc) is 2.63. The van der Waals surface area contributed by atoms with Gasteiger partial charge in [-0.2, -0.15) is 0 Å². The van der Waals surface area contributed by atoms with E-state index in [9.17, 15) is 9.59 Å². The summed E-state index contributed by atoms with van der Waals surface area (Å²) in [6.07, 6.45) is 2.06. The number of halogens is 1. The molecule has 0 saturated carbocycles. The third-order valence-corrected chi connectivity index (χ3v) is 4.68. The maximum Gasteiger partial charge on any atom is 0.225 e. The molecule has 1 aliphatic rings. The SMILES string of the molecule is CCCNCCNC(=O)C1CCC(=O)N(C)C1c1ccc(OC)cc1.Cl. The standard InChI is InChI=1S/C19H29N3O3.ClH/c1-4-11-20-12-13-21-19(24)16-9-10-17(23)22(2)18(16)14-5-7-15(25-3)8-6-14;/h5-8,16,18,20H,4,9-13H2,1-3H3,(H,21,24);1H. The highest BCUT2D eigenvalue weighted by Crippen LogP contribution is 2.36. The highest BCUT2D eigenvalue weighted by Gasteiger charge is 2.38. The zero-order valence-electron chi connectivity index (χ0n) is 15.8. The van der Waals surface area contributed by atoms with E-state index in [2.05, 4.69) is 17.6 Å². The minimum absolute atomic E-state index is 0. The highest BCUT2D eigenvalue weighted by atomic mass is 35.5. The Labute approximate surface area is 162 Å². The van der Waals surface area contributed by atoms with Gasteiger partial charge in [0.15, 0.2) is 0 Å². The molecule has 26 heavy (non-hydrogen) atoms. The lowest BCUT2D eigenvalue weighted by molar-refractivity contribution is -0.141. The number of nitrogens with one attached hydrogen (secondary N) is 2. The van der Waals surface area contributed by atoms with Crippen LogP contribution in [0.3, 0.4) is 0 Å². The van der Waals surface area contributed by atoms with Crippen molar-refractivity contribution in [3.8, 4) is 5.75 Å². The molecule has 7 heteroatoms. The van der Waals surface area contributed by atoms with Gasteiger partial charge in [0, 0.05) is 26.6 Å². The predicted octanol–water partition coefficient (Wildman–Crippen LogP) is 2.14. The number of amides is 2. The molecule has 1 aliphatic heterocycles. The van der Waals surface area contributed by atoms with Crippen LogP contribution in [-0.4, -0.2) is 50.5 Å². The normalized spacial score (nSPS) is 19.7. The molecule has 1 aromatic rings. The van der Waals surface area contributed by atoms with Gasteiger partial charge in [0.05, 0.1) is 19.1 Å². The molecule has 0 radical (unpaired) electrons. The van der Waals surface area contributed by atoms with Crippen molar-refractivity contribution in [2.24, 2.45) is 5.92 Å². The molecule has 0 aromatic heterocycles. The van der Waals surface area contributed by atoms with Crippen molar-refractivity contribution in [3.05, 3.63) is 29.8 Å². The van der Waals surface area contributed by atoms with Crippen LogP contribution >= 0.6 is 12.4 Å². The van der Waals surface area contributed by atoms with Crippen molar-refractivity contribution in [1.29, 1.82) is 0 Å². The van der Waals surface area contributed by atoms with E-state index in [1.807, 2.05) is 24.3 Å². The fraction of sp³-hybridized carbons (Fsp3) is 0.579. The third-order valence-electron chi connectivity index (χ3n) is 4.68. The van der Waals surface area contributed by atoms with Crippen LogP contribution in [-0.2, 0) is 9.59 Å². The van der Waals surface area contributed by atoms with Crippen molar-refractivity contribution in [2.75, 3.05) is 33.8 Å². The smallest absolute Gasteiger partial charge is 0.225 e. The van der Waals surface area contributed by atoms with Crippen LogP contribution in [0.15, 0.2) is 24.3 Å². The fourth-order valence-corrected chi connectivity index (χ4v) is 3.28. The van der Waals surface area contributed by atoms with E-state index < -0.39 is 0 Å². The van der Waals surface area contributed by atoms with Gasteiger partial charge in [0.2, 0.25) is 11.8 Å². The van der Waals surface area contributed by atoms with Crippen molar-refractivity contribution < 1.29 is 14.3 Å². The summed E-state index contributed by atoms with van der Waals surface area (Å²) >= 11 is 0. The summed E-state index contributed by atoms with van der Waals surface area (Å²) in [5.74, 6) is 0.617. The van der Waals surface area contributed by atoms with Gasteiger partial charge in [-0.1, -0.05) is 19.1 Å². The Morgan fingerprint density at radius 3 is 2.54 bits per heavy atom. The topological polar surface area (TPSA) is 70.7 Å². The first-order valence-corrected chi connectivity index (χ1v) is 8.96. The van der Waals surface area contributed by atoms with Gasteiger partial charge in [0.25, 0.3) is 0 Å². The molecule has 2 amide bonds. The van der Waals surface area contributed by atoms with E-state index >= 15 is 0 Å². The molecule has 2 atom stereocenters. The summed E-state index contributed by atoms with van der Waals surface area (Å²) in [5.41, 5.74) is 0.959. The second-order valence-corrected chi connectivity index (χ2v) is 6.41. The van der Waals surface area contributed by atoms with Gasteiger partial charge in [0.1, 0.15) is 5.75 Å². The summed E-state index contributed by atoms with van der Waals surface area (Å²) in [6.45, 7) is 4.42. The highest BCUT2D eigenvalue weighted by molar-refractivity contribution is 5.85. The van der Waals surface area contributed by atoms with Crippen LogP contribution in [0.5, 0.6) is 5.75 Å². The van der Waals surface area contributed by atoms with Gasteiger partial charge in [-0.15, -0.1) is 12.4 Å². The van der Waals surface area contributed by atoms with Gasteiger partial charge >= 0.3 is 0 Å². The number of nitrogens with zero attached hydrogens (tertiary/aromatic N) is 1. The van der Waals surface area contributed by atoms with Gasteiger partial charge < -0.3 is 20.3 Å². The summed E-state index contributed by atoms with van der Waals surface area (Å²) in [6, 6.07) is 7.36. The van der Waals surface area contributed by atoms with Crippen molar-refractivity contribution >= 4 is 24.2 Å². The third kappa shape index (κ3) is 5.61. The molecule has 1 aromatic carbocycles. The number of ether oxygens (including phenoxy) is 1. The van der Waals surface area contributed by atoms with Gasteiger partial charge in [-0.05, 0) is 37.1 Å². The molecule has 2 unspecified atom stereocenters. The van der Waals surface area contributed by atoms with E-state index in [4.69, 9.17) is 4.74 Å². The van der Waals surface area contributed by atoms with E-state index in [0.29, 0.717) is 19.4 Å². The molecule has 1 fully saturated rings. The lowest BCUT2D eigenvalue weighted by Crippen LogP contribution is -2.47. The largest absolute Gasteiger partial charge is 0.497 e. The number of carbonyl (C=O) groups is 2. The number of hydrogen-bond acceptors (Lipinski definition) is 4. The first kappa shape index (κ1) is 22.3. The zero-order chi connectivity index (χ0) is 18.2. The summed E-state index contributed by atoms with van der Waals surface area (Å²) in [7, 11) is 3.40. The van der Waals surface area contributed by atoms with E-state index in [1.54, 1.807) is 19.1 Å². The molecule has 1 heterocycles. The van der Waals surface area contributed by atoms with Crippen LogP contribution in [0.1, 0.15) is 37.8 Å². The average molecular weight is 384 g/mol. The lowest BCUT2D eigenvalue weighted by atomic mass is 9.84. The minimum atomic E-state index is -0.240. The van der Waals surface area contributed by atoms with E-state index in [1.165, 1.54) is 0 Å². The van der Waals surface area contributed by atoms with Gasteiger partial charge in [-0.3, -0.25) is 9.59 Å². The predicted molar refractivity (Wildman–Crippen MR) is 105 cm³/mol. The van der Waals surface area contributed by atoms with Gasteiger partial charge in [-0.25, -0.2) is 0 Å². The lowest BCUT2D eigenvalue weighted by Gasteiger charge is -2.38. The minimum Gasteiger partial charge on any atom is -0.497 e. The monoisotopic (exact) mass is 383 g/mol. The molecule has 2 N–H and O–H groups in total. The Morgan fingerprint density at radius 2 is 1.92 bits per heavy atom. The number of rotatable bonds is 8. The van der Waals surface area contributed by atoms with Crippen LogP contribution in [0.4, 0.5) is 0 Å². The van der Waals surface area contributed by atoms with Crippen LogP contribution in [0.25, 0.3) is 0 Å². The molecule has 6 nitrogen and oxygen atoms in total. The first-order valence-electron chi connectivity index (χ1n) is 8.96. The second-order valence-electron chi connectivity index (χ2n) is 6.41. The molecule has 0 aliphatic carbocycles. The quantitative estimate of drug-likeness (QED) is 0.675. The van der Waals surface area contributed by atoms with Crippen LogP contribution in [0.2, 0.25) is 0 Å². The Morgan fingerprint density at radius 1 is 1.23 bits per heavy atom. The maximum absolute atomic E-state index is 12.7. The summed E-state index contributed by atoms with van der Waals surface area (Å²) in [4.78, 5) is 26.5. The number of piperidine rings is 1. The number of methoxy groups -OCH3 is 1. The first-order chi connectivity index (χ1) is 12.1. The Hall–Kier alpha value is -1.79.